The van der Waals surface area contributed by atoms with E-state index >= 15 is 0 Å². The molecule has 0 aromatic heterocycles. The van der Waals surface area contributed by atoms with Gasteiger partial charge < -0.3 is 19.7 Å². The minimum Gasteiger partial charge on any atom is -0.508 e. The number of aliphatic hydroxyl groups excluding tert-OH is 1. The van der Waals surface area contributed by atoms with Gasteiger partial charge in [-0.15, -0.1) is 0 Å². The number of aromatic hydroxyl groups is 1. The van der Waals surface area contributed by atoms with Crippen molar-refractivity contribution in [2.24, 2.45) is 0 Å². The van der Waals surface area contributed by atoms with Gasteiger partial charge in [0.2, 0.25) is 0 Å². The lowest BCUT2D eigenvalue weighted by Crippen LogP contribution is -2.38. The highest BCUT2D eigenvalue weighted by atomic mass is 35.5. The monoisotopic (exact) mass is 443 g/mol. The van der Waals surface area contributed by atoms with Crippen LogP contribution < -0.4 is 9.64 Å². The van der Waals surface area contributed by atoms with Crippen LogP contribution in [0.1, 0.15) is 11.6 Å². The molecule has 6 nitrogen and oxygen atoms in total. The van der Waals surface area contributed by atoms with Crippen LogP contribution in [0.2, 0.25) is 5.02 Å². The number of carbonyl (C=O) groups excluding carboxylic acids is 1. The third-order valence-corrected chi connectivity index (χ3v) is 5.30. The highest BCUT2D eigenvalue weighted by Gasteiger charge is 2.47. The SMILES string of the molecule is O=C1OC(C(O)COc2ccccc2Cl)C(c2ccc(O)cc2)N1c1ccc(F)cc1. The number of rotatable bonds is 6. The van der Waals surface area contributed by atoms with E-state index in [0.29, 0.717) is 22.0 Å². The van der Waals surface area contributed by atoms with E-state index in [1.54, 1.807) is 36.4 Å². The Bertz CT molecular complexity index is 1060. The Labute approximate surface area is 183 Å². The van der Waals surface area contributed by atoms with E-state index in [9.17, 15) is 19.4 Å². The van der Waals surface area contributed by atoms with Gasteiger partial charge in [-0.3, -0.25) is 4.90 Å². The summed E-state index contributed by atoms with van der Waals surface area (Å²) in [5, 5.41) is 20.9. The number of hydrogen-bond donors (Lipinski definition) is 2. The summed E-state index contributed by atoms with van der Waals surface area (Å²) in [6, 6.07) is 17.7. The highest BCUT2D eigenvalue weighted by Crippen LogP contribution is 2.39. The fourth-order valence-electron chi connectivity index (χ4n) is 3.50. The highest BCUT2D eigenvalue weighted by molar-refractivity contribution is 6.32. The number of aliphatic hydroxyl groups is 1. The topological polar surface area (TPSA) is 79.2 Å². The number of para-hydroxylation sites is 1. The Morgan fingerprint density at radius 3 is 2.42 bits per heavy atom. The molecular weight excluding hydrogens is 425 g/mol. The summed E-state index contributed by atoms with van der Waals surface area (Å²) in [4.78, 5) is 14.1. The Kier molecular flexibility index (Phi) is 5.97. The van der Waals surface area contributed by atoms with Gasteiger partial charge >= 0.3 is 6.09 Å². The number of hydrogen-bond acceptors (Lipinski definition) is 5. The number of benzene rings is 3. The fraction of sp³-hybridized carbons (Fsp3) is 0.174. The summed E-state index contributed by atoms with van der Waals surface area (Å²) in [5.74, 6) is 0.00723. The van der Waals surface area contributed by atoms with Crippen molar-refractivity contribution in [1.82, 2.24) is 0 Å². The van der Waals surface area contributed by atoms with E-state index < -0.39 is 30.2 Å². The van der Waals surface area contributed by atoms with E-state index in [1.807, 2.05) is 0 Å². The van der Waals surface area contributed by atoms with Crippen molar-refractivity contribution in [3.8, 4) is 11.5 Å². The van der Waals surface area contributed by atoms with E-state index in [-0.39, 0.29) is 12.4 Å². The number of anilines is 1. The van der Waals surface area contributed by atoms with E-state index in [0.717, 1.165) is 0 Å². The lowest BCUT2D eigenvalue weighted by molar-refractivity contribution is -0.00644. The van der Waals surface area contributed by atoms with Crippen molar-refractivity contribution >= 4 is 23.4 Å². The molecular formula is C23H19ClFNO5. The van der Waals surface area contributed by atoms with Gasteiger partial charge in [-0.1, -0.05) is 35.9 Å². The largest absolute Gasteiger partial charge is 0.508 e. The van der Waals surface area contributed by atoms with Crippen molar-refractivity contribution in [3.05, 3.63) is 89.2 Å². The molecule has 3 atom stereocenters. The lowest BCUT2D eigenvalue weighted by atomic mass is 9.96. The molecule has 0 bridgehead atoms. The molecule has 4 rings (SSSR count). The molecule has 1 fully saturated rings. The summed E-state index contributed by atoms with van der Waals surface area (Å²) >= 11 is 6.09. The van der Waals surface area contributed by atoms with Crippen LogP contribution >= 0.6 is 11.6 Å². The van der Waals surface area contributed by atoms with Crippen molar-refractivity contribution in [3.63, 3.8) is 0 Å². The number of amides is 1. The minimum atomic E-state index is -1.19. The standard InChI is InChI=1S/C23H19ClFNO5/c24-18-3-1-2-4-20(18)30-13-19(28)22-21(14-5-11-17(27)12-6-14)26(23(29)31-22)16-9-7-15(25)8-10-16/h1-12,19,21-22,27-28H,13H2. The first-order valence-corrected chi connectivity index (χ1v) is 9.91. The zero-order chi connectivity index (χ0) is 22.0. The summed E-state index contributed by atoms with van der Waals surface area (Å²) in [7, 11) is 0. The summed E-state index contributed by atoms with van der Waals surface area (Å²) in [6.07, 6.45) is -2.86. The maximum atomic E-state index is 13.4. The number of carbonyl (C=O) groups is 1. The Morgan fingerprint density at radius 2 is 1.74 bits per heavy atom. The predicted molar refractivity (Wildman–Crippen MR) is 113 cm³/mol. The molecule has 2 N–H and O–H groups in total. The molecule has 1 aliphatic rings. The maximum Gasteiger partial charge on any atom is 0.415 e. The smallest absolute Gasteiger partial charge is 0.415 e. The summed E-state index contributed by atoms with van der Waals surface area (Å²) < 4.78 is 24.5. The molecule has 160 valence electrons. The molecule has 1 saturated heterocycles. The second-order valence-corrected chi connectivity index (χ2v) is 7.45. The Morgan fingerprint density at radius 1 is 1.06 bits per heavy atom. The van der Waals surface area contributed by atoms with Gasteiger partial charge in [0.05, 0.1) is 5.02 Å². The molecule has 3 aromatic rings. The van der Waals surface area contributed by atoms with Gasteiger partial charge in [0.15, 0.2) is 6.10 Å². The number of ether oxygens (including phenoxy) is 2. The third-order valence-electron chi connectivity index (χ3n) is 4.99. The molecule has 3 aromatic carbocycles. The van der Waals surface area contributed by atoms with Crippen LogP contribution in [0, 0.1) is 5.82 Å². The Hall–Kier alpha value is -3.29. The van der Waals surface area contributed by atoms with E-state index in [1.165, 1.54) is 41.3 Å². The predicted octanol–water partition coefficient (Wildman–Crippen LogP) is 4.69. The van der Waals surface area contributed by atoms with Gasteiger partial charge in [0.25, 0.3) is 0 Å². The van der Waals surface area contributed by atoms with E-state index in [4.69, 9.17) is 21.1 Å². The molecule has 31 heavy (non-hydrogen) atoms. The number of cyclic esters (lactones) is 1. The fourth-order valence-corrected chi connectivity index (χ4v) is 3.69. The minimum absolute atomic E-state index is 0.0569. The van der Waals surface area contributed by atoms with Gasteiger partial charge in [-0.25, -0.2) is 9.18 Å². The van der Waals surface area contributed by atoms with Gasteiger partial charge in [-0.05, 0) is 54.1 Å². The molecule has 0 aliphatic carbocycles. The molecule has 3 unspecified atom stereocenters. The first-order valence-electron chi connectivity index (χ1n) is 9.54. The second kappa shape index (κ2) is 8.83. The number of nitrogens with zero attached hydrogens (tertiary/aromatic N) is 1. The van der Waals surface area contributed by atoms with Crippen molar-refractivity contribution < 1.29 is 28.9 Å². The Balaban J connectivity index is 1.63. The van der Waals surface area contributed by atoms with Crippen LogP contribution in [0.15, 0.2) is 72.8 Å². The number of phenolic OH excluding ortho intramolecular Hbond substituents is 1. The van der Waals surface area contributed by atoms with Gasteiger partial charge in [0.1, 0.15) is 36.1 Å². The number of phenols is 1. The van der Waals surface area contributed by atoms with Crippen molar-refractivity contribution in [2.45, 2.75) is 18.2 Å². The van der Waals surface area contributed by atoms with Crippen molar-refractivity contribution in [1.29, 1.82) is 0 Å². The van der Waals surface area contributed by atoms with E-state index in [2.05, 4.69) is 0 Å². The second-order valence-electron chi connectivity index (χ2n) is 7.04. The number of halogens is 2. The zero-order valence-electron chi connectivity index (χ0n) is 16.2. The molecule has 0 spiro atoms. The first-order chi connectivity index (χ1) is 14.9. The van der Waals surface area contributed by atoms with Gasteiger partial charge in [-0.2, -0.15) is 0 Å². The normalized spacial score (nSPS) is 19.2. The quantitative estimate of drug-likeness (QED) is 0.577. The molecule has 0 radical (unpaired) electrons. The third kappa shape index (κ3) is 4.42. The molecule has 1 aliphatic heterocycles. The lowest BCUT2D eigenvalue weighted by Gasteiger charge is -2.27. The molecule has 8 heteroatoms. The molecule has 1 amide bonds. The van der Waals surface area contributed by atoms with Gasteiger partial charge in [0, 0.05) is 5.69 Å². The molecule has 1 heterocycles. The molecule has 0 saturated carbocycles. The van der Waals surface area contributed by atoms with Crippen LogP contribution in [0.3, 0.4) is 0 Å². The van der Waals surface area contributed by atoms with Crippen molar-refractivity contribution in [2.75, 3.05) is 11.5 Å². The maximum absolute atomic E-state index is 13.4. The average Bonchev–Trinajstić information content (AvgIpc) is 3.11. The first kappa shape index (κ1) is 21.0. The summed E-state index contributed by atoms with van der Waals surface area (Å²) in [5.41, 5.74) is 1.03. The van der Waals surface area contributed by atoms with Crippen LogP contribution in [0.25, 0.3) is 0 Å². The summed E-state index contributed by atoms with van der Waals surface area (Å²) in [6.45, 7) is -0.173. The zero-order valence-corrected chi connectivity index (χ0v) is 16.9. The van der Waals surface area contributed by atoms with Crippen LogP contribution in [-0.2, 0) is 4.74 Å². The average molecular weight is 444 g/mol. The van der Waals surface area contributed by atoms with Crippen LogP contribution in [0.4, 0.5) is 14.9 Å². The van der Waals surface area contributed by atoms with Crippen LogP contribution in [0.5, 0.6) is 11.5 Å². The van der Waals surface area contributed by atoms with Crippen LogP contribution in [-0.4, -0.2) is 35.1 Å².